The first-order valence-corrected chi connectivity index (χ1v) is 7.42. The molecule has 0 aliphatic carbocycles. The van der Waals surface area contributed by atoms with Gasteiger partial charge in [0.1, 0.15) is 12.4 Å². The van der Waals surface area contributed by atoms with Crippen molar-refractivity contribution in [1.29, 1.82) is 0 Å². The van der Waals surface area contributed by atoms with Gasteiger partial charge in [0.2, 0.25) is 0 Å². The summed E-state index contributed by atoms with van der Waals surface area (Å²) in [7, 11) is 3.89. The molecule has 2 heterocycles. The van der Waals surface area contributed by atoms with E-state index in [1.807, 2.05) is 48.8 Å². The number of guanidine groups is 1. The van der Waals surface area contributed by atoms with Crippen molar-refractivity contribution >= 4 is 5.96 Å². The maximum atomic E-state index is 12.8. The van der Waals surface area contributed by atoms with Crippen LogP contribution >= 0.6 is 0 Å². The average Bonchev–Trinajstić information content (AvgIpc) is 3.13. The van der Waals surface area contributed by atoms with Crippen LogP contribution in [0.4, 0.5) is 8.78 Å². The normalized spacial score (nSPS) is 12.0. The van der Waals surface area contributed by atoms with Crippen molar-refractivity contribution in [1.82, 2.24) is 24.3 Å². The maximum absolute atomic E-state index is 12.8. The number of nitrogens with one attached hydrogen (secondary N) is 1. The van der Waals surface area contributed by atoms with Gasteiger partial charge in [0, 0.05) is 44.9 Å². The number of aryl methyl sites for hydroxylation is 1. The molecule has 0 amide bonds. The highest BCUT2D eigenvalue weighted by molar-refractivity contribution is 5.79. The maximum Gasteiger partial charge on any atom is 0.319 e. The molecule has 0 fully saturated rings. The van der Waals surface area contributed by atoms with Gasteiger partial charge in [0.25, 0.3) is 0 Å². The Bertz CT molecular complexity index is 646. The number of halogens is 2. The molecule has 6 nitrogen and oxygen atoms in total. The number of alkyl halides is 2. The predicted molar refractivity (Wildman–Crippen MR) is 85.2 cm³/mol. The molecule has 0 spiro atoms. The van der Waals surface area contributed by atoms with Crippen molar-refractivity contribution in [2.45, 2.75) is 26.6 Å². The molecule has 2 rings (SSSR count). The van der Waals surface area contributed by atoms with Crippen LogP contribution in [0.3, 0.4) is 0 Å². The van der Waals surface area contributed by atoms with Gasteiger partial charge in [-0.25, -0.2) is 9.98 Å². The molecule has 0 aliphatic heterocycles. The van der Waals surface area contributed by atoms with Gasteiger partial charge in [-0.05, 0) is 19.1 Å². The molecule has 0 saturated heterocycles. The molecular weight excluding hydrogens is 302 g/mol. The van der Waals surface area contributed by atoms with E-state index in [1.54, 1.807) is 0 Å². The third-order valence-electron chi connectivity index (χ3n) is 3.48. The van der Waals surface area contributed by atoms with Crippen molar-refractivity contribution in [3.05, 3.63) is 42.2 Å². The number of hydrogen-bond acceptors (Lipinski definition) is 2. The summed E-state index contributed by atoms with van der Waals surface area (Å²) in [5.74, 6) is 0.889. The number of imidazole rings is 1. The van der Waals surface area contributed by atoms with Crippen molar-refractivity contribution < 1.29 is 8.78 Å². The van der Waals surface area contributed by atoms with Crippen LogP contribution in [-0.2, 0) is 20.1 Å². The minimum absolute atomic E-state index is 0.0944. The van der Waals surface area contributed by atoms with E-state index in [2.05, 4.69) is 15.3 Å². The smallest absolute Gasteiger partial charge is 0.319 e. The van der Waals surface area contributed by atoms with Crippen molar-refractivity contribution in [3.8, 4) is 0 Å². The summed E-state index contributed by atoms with van der Waals surface area (Å²) in [5, 5.41) is 3.17. The average molecular weight is 324 g/mol. The summed E-state index contributed by atoms with van der Waals surface area (Å²) in [6.07, 6.45) is 4.60. The predicted octanol–water partition coefficient (Wildman–Crippen LogP) is 2.21. The first-order chi connectivity index (χ1) is 11.0. The zero-order valence-electron chi connectivity index (χ0n) is 13.6. The van der Waals surface area contributed by atoms with Crippen molar-refractivity contribution in [2.75, 3.05) is 13.6 Å². The van der Waals surface area contributed by atoms with Gasteiger partial charge >= 0.3 is 6.55 Å². The highest BCUT2D eigenvalue weighted by atomic mass is 19.3. The second-order valence-electron chi connectivity index (χ2n) is 5.17. The van der Waals surface area contributed by atoms with E-state index in [4.69, 9.17) is 0 Å². The van der Waals surface area contributed by atoms with Gasteiger partial charge in [0.15, 0.2) is 5.96 Å². The second kappa shape index (κ2) is 7.75. The Hall–Kier alpha value is -2.38. The van der Waals surface area contributed by atoms with Gasteiger partial charge in [0.05, 0.1) is 6.54 Å². The molecule has 0 bridgehead atoms. The van der Waals surface area contributed by atoms with Crippen molar-refractivity contribution in [3.63, 3.8) is 0 Å². The van der Waals surface area contributed by atoms with Crippen LogP contribution in [-0.4, -0.2) is 38.6 Å². The van der Waals surface area contributed by atoms with Gasteiger partial charge in [-0.3, -0.25) is 4.57 Å². The Morgan fingerprint density at radius 3 is 2.83 bits per heavy atom. The fraction of sp³-hybridized carbons (Fsp3) is 0.467. The summed E-state index contributed by atoms with van der Waals surface area (Å²) < 4.78 is 28.5. The number of aromatic nitrogens is 3. The Morgan fingerprint density at radius 2 is 2.22 bits per heavy atom. The van der Waals surface area contributed by atoms with E-state index < -0.39 is 6.55 Å². The van der Waals surface area contributed by atoms with Gasteiger partial charge < -0.3 is 14.8 Å². The lowest BCUT2D eigenvalue weighted by Crippen LogP contribution is -2.38. The summed E-state index contributed by atoms with van der Waals surface area (Å²) in [4.78, 5) is 10.3. The minimum atomic E-state index is -2.61. The first kappa shape index (κ1) is 17.0. The molecular formula is C15H22F2N6. The molecule has 23 heavy (non-hydrogen) atoms. The highest BCUT2D eigenvalue weighted by Crippen LogP contribution is 2.13. The topological polar surface area (TPSA) is 50.4 Å². The molecule has 8 heteroatoms. The fourth-order valence-electron chi connectivity index (χ4n) is 2.24. The van der Waals surface area contributed by atoms with Crippen LogP contribution in [0.2, 0.25) is 0 Å². The molecule has 2 aromatic heterocycles. The lowest BCUT2D eigenvalue weighted by molar-refractivity contribution is 0.0671. The van der Waals surface area contributed by atoms with Gasteiger partial charge in [-0.2, -0.15) is 8.78 Å². The zero-order valence-corrected chi connectivity index (χ0v) is 13.6. The van der Waals surface area contributed by atoms with E-state index >= 15 is 0 Å². The fourth-order valence-corrected chi connectivity index (χ4v) is 2.24. The third kappa shape index (κ3) is 4.30. The Morgan fingerprint density at radius 1 is 1.43 bits per heavy atom. The first-order valence-electron chi connectivity index (χ1n) is 7.42. The van der Waals surface area contributed by atoms with Gasteiger partial charge in [-0.15, -0.1) is 0 Å². The standard InChI is InChI=1S/C15H22F2N6/c1-4-18-15(22(3)11-12-6-5-8-21(12)2)20-10-13-19-7-9-23(13)14(16)17/h5-9,14H,4,10-11H2,1-3H3,(H,18,20). The largest absolute Gasteiger partial charge is 0.357 e. The monoisotopic (exact) mass is 324 g/mol. The van der Waals surface area contributed by atoms with Gasteiger partial charge in [-0.1, -0.05) is 0 Å². The number of rotatable bonds is 6. The van der Waals surface area contributed by atoms with E-state index in [1.165, 1.54) is 12.4 Å². The SMILES string of the molecule is CCNC(=NCc1nccn1C(F)F)N(C)Cc1cccn1C. The molecule has 0 aliphatic rings. The Kier molecular flexibility index (Phi) is 5.72. The Balaban J connectivity index is 2.10. The third-order valence-corrected chi connectivity index (χ3v) is 3.48. The highest BCUT2D eigenvalue weighted by Gasteiger charge is 2.12. The summed E-state index contributed by atoms with van der Waals surface area (Å²) in [6.45, 7) is 0.813. The zero-order chi connectivity index (χ0) is 16.8. The van der Waals surface area contributed by atoms with Crippen LogP contribution < -0.4 is 5.32 Å². The number of aliphatic imine (C=N–C) groups is 1. The Labute approximate surface area is 134 Å². The van der Waals surface area contributed by atoms with E-state index in [0.29, 0.717) is 19.0 Å². The molecule has 0 atom stereocenters. The molecule has 2 aromatic rings. The number of hydrogen-bond donors (Lipinski definition) is 1. The molecule has 1 N–H and O–H groups in total. The molecule has 126 valence electrons. The van der Waals surface area contributed by atoms with Crippen LogP contribution in [0, 0.1) is 0 Å². The summed E-state index contributed by atoms with van der Waals surface area (Å²) >= 11 is 0. The number of nitrogens with zero attached hydrogens (tertiary/aromatic N) is 5. The lowest BCUT2D eigenvalue weighted by Gasteiger charge is -2.22. The van der Waals surface area contributed by atoms with Crippen LogP contribution in [0.25, 0.3) is 0 Å². The molecule has 0 unspecified atom stereocenters. The molecule has 0 aromatic carbocycles. The summed E-state index contributed by atoms with van der Waals surface area (Å²) in [6, 6.07) is 4.01. The second-order valence-corrected chi connectivity index (χ2v) is 5.17. The lowest BCUT2D eigenvalue weighted by atomic mass is 10.4. The van der Waals surface area contributed by atoms with E-state index in [0.717, 1.165) is 10.3 Å². The van der Waals surface area contributed by atoms with E-state index in [-0.39, 0.29) is 12.4 Å². The van der Waals surface area contributed by atoms with Crippen molar-refractivity contribution in [2.24, 2.45) is 12.0 Å². The quantitative estimate of drug-likeness (QED) is 0.655. The van der Waals surface area contributed by atoms with Crippen LogP contribution in [0.1, 0.15) is 25.0 Å². The molecule has 0 radical (unpaired) electrons. The summed E-state index contributed by atoms with van der Waals surface area (Å²) in [5.41, 5.74) is 1.13. The van der Waals surface area contributed by atoms with E-state index in [9.17, 15) is 8.78 Å². The minimum Gasteiger partial charge on any atom is -0.357 e. The van der Waals surface area contributed by atoms with Crippen LogP contribution in [0.5, 0.6) is 0 Å². The van der Waals surface area contributed by atoms with Crippen LogP contribution in [0.15, 0.2) is 35.7 Å². The molecule has 0 saturated carbocycles.